The number of piperidine rings is 1. The second kappa shape index (κ2) is 7.38. The van der Waals surface area contributed by atoms with E-state index >= 15 is 0 Å². The first-order chi connectivity index (χ1) is 10.2. The highest BCUT2D eigenvalue weighted by atomic mass is 16.2. The molecule has 0 radical (unpaired) electrons. The number of carbonyl (C=O) groups excluding carboxylic acids is 1. The average molecular weight is 290 g/mol. The van der Waals surface area contributed by atoms with E-state index in [9.17, 15) is 4.79 Å². The molecule has 0 N–H and O–H groups in total. The predicted octanol–water partition coefficient (Wildman–Crippen LogP) is 2.73. The molecule has 5 heteroatoms. The van der Waals surface area contributed by atoms with Crippen molar-refractivity contribution in [3.8, 4) is 0 Å². The molecule has 1 aliphatic rings. The van der Waals surface area contributed by atoms with Crippen molar-refractivity contribution in [2.45, 2.75) is 52.5 Å². The summed E-state index contributed by atoms with van der Waals surface area (Å²) in [5.74, 6) is 0.890. The van der Waals surface area contributed by atoms with Gasteiger partial charge in [0.25, 0.3) is 5.91 Å². The third kappa shape index (κ3) is 3.52. The van der Waals surface area contributed by atoms with Crippen molar-refractivity contribution >= 4 is 11.7 Å². The van der Waals surface area contributed by atoms with Gasteiger partial charge in [-0.3, -0.25) is 4.79 Å². The number of aromatic nitrogens is 2. The maximum atomic E-state index is 12.4. The van der Waals surface area contributed by atoms with Crippen LogP contribution < -0.4 is 4.90 Å². The minimum Gasteiger partial charge on any atom is -0.354 e. The van der Waals surface area contributed by atoms with Gasteiger partial charge in [0.05, 0.1) is 0 Å². The van der Waals surface area contributed by atoms with Crippen LogP contribution in [0.15, 0.2) is 12.4 Å². The second-order valence-corrected chi connectivity index (χ2v) is 5.49. The van der Waals surface area contributed by atoms with Crippen molar-refractivity contribution in [1.82, 2.24) is 14.9 Å². The fourth-order valence-corrected chi connectivity index (χ4v) is 3.02. The van der Waals surface area contributed by atoms with Gasteiger partial charge in [0, 0.05) is 31.7 Å². The molecule has 0 aromatic carbocycles. The molecule has 0 spiro atoms. The summed E-state index contributed by atoms with van der Waals surface area (Å²) in [6, 6.07) is 2.39. The molecule has 1 saturated heterocycles. The molecule has 2 rings (SSSR count). The molecule has 5 nitrogen and oxygen atoms in total. The van der Waals surface area contributed by atoms with Crippen LogP contribution in [0, 0.1) is 0 Å². The molecule has 0 aliphatic carbocycles. The van der Waals surface area contributed by atoms with Gasteiger partial charge in [0.1, 0.15) is 17.8 Å². The zero-order valence-corrected chi connectivity index (χ0v) is 13.4. The zero-order chi connectivity index (χ0) is 15.2. The summed E-state index contributed by atoms with van der Waals surface area (Å²) in [6.45, 7) is 8.62. The normalized spacial score (nSPS) is 18.6. The SMILES string of the molecule is CCC1CCCCN1c1cc(C(=O)N(CC)CC)ncn1. The number of rotatable bonds is 5. The summed E-state index contributed by atoms with van der Waals surface area (Å²) >= 11 is 0. The summed E-state index contributed by atoms with van der Waals surface area (Å²) in [6.07, 6.45) is 6.32. The fraction of sp³-hybridized carbons (Fsp3) is 0.688. The van der Waals surface area contributed by atoms with E-state index in [1.54, 1.807) is 4.90 Å². The van der Waals surface area contributed by atoms with Gasteiger partial charge in [-0.1, -0.05) is 6.92 Å². The van der Waals surface area contributed by atoms with Gasteiger partial charge in [0.2, 0.25) is 0 Å². The molecule has 1 atom stereocenters. The number of nitrogens with zero attached hydrogens (tertiary/aromatic N) is 4. The third-order valence-electron chi connectivity index (χ3n) is 4.32. The van der Waals surface area contributed by atoms with Crippen LogP contribution in [0.5, 0.6) is 0 Å². The highest BCUT2D eigenvalue weighted by molar-refractivity contribution is 5.92. The van der Waals surface area contributed by atoms with Crippen LogP contribution in [-0.4, -0.2) is 46.5 Å². The second-order valence-electron chi connectivity index (χ2n) is 5.49. The lowest BCUT2D eigenvalue weighted by molar-refractivity contribution is 0.0767. The average Bonchev–Trinajstić information content (AvgIpc) is 2.56. The van der Waals surface area contributed by atoms with E-state index in [4.69, 9.17) is 0 Å². The maximum absolute atomic E-state index is 12.4. The van der Waals surface area contributed by atoms with E-state index in [2.05, 4.69) is 21.8 Å². The number of hydrogen-bond donors (Lipinski definition) is 0. The largest absolute Gasteiger partial charge is 0.354 e. The highest BCUT2D eigenvalue weighted by Crippen LogP contribution is 2.25. The molecule has 0 saturated carbocycles. The third-order valence-corrected chi connectivity index (χ3v) is 4.32. The summed E-state index contributed by atoms with van der Waals surface area (Å²) < 4.78 is 0. The highest BCUT2D eigenvalue weighted by Gasteiger charge is 2.23. The van der Waals surface area contributed by atoms with Crippen LogP contribution in [0.2, 0.25) is 0 Å². The van der Waals surface area contributed by atoms with Gasteiger partial charge >= 0.3 is 0 Å². The number of hydrogen-bond acceptors (Lipinski definition) is 4. The van der Waals surface area contributed by atoms with Crippen molar-refractivity contribution in [1.29, 1.82) is 0 Å². The van der Waals surface area contributed by atoms with E-state index in [0.717, 1.165) is 18.8 Å². The van der Waals surface area contributed by atoms with Gasteiger partial charge in [-0.05, 0) is 39.5 Å². The van der Waals surface area contributed by atoms with E-state index in [0.29, 0.717) is 24.8 Å². The number of anilines is 1. The monoisotopic (exact) mass is 290 g/mol. The lowest BCUT2D eigenvalue weighted by Gasteiger charge is -2.36. The molecule has 2 heterocycles. The number of amides is 1. The Morgan fingerprint density at radius 1 is 1.29 bits per heavy atom. The van der Waals surface area contributed by atoms with Crippen molar-refractivity contribution in [3.63, 3.8) is 0 Å². The van der Waals surface area contributed by atoms with Gasteiger partial charge in [0.15, 0.2) is 0 Å². The Labute approximate surface area is 127 Å². The Hall–Kier alpha value is -1.65. The van der Waals surface area contributed by atoms with Gasteiger partial charge in [-0.2, -0.15) is 0 Å². The van der Waals surface area contributed by atoms with Crippen LogP contribution in [-0.2, 0) is 0 Å². The van der Waals surface area contributed by atoms with E-state index in [1.165, 1.54) is 25.6 Å². The van der Waals surface area contributed by atoms with Crippen molar-refractivity contribution in [3.05, 3.63) is 18.1 Å². The predicted molar refractivity (Wildman–Crippen MR) is 84.6 cm³/mol. The lowest BCUT2D eigenvalue weighted by atomic mass is 10.00. The van der Waals surface area contributed by atoms with Gasteiger partial charge < -0.3 is 9.80 Å². The first kappa shape index (κ1) is 15.7. The standard InChI is InChI=1S/C16H26N4O/c1-4-13-9-7-8-10-20(13)15-11-14(17-12-18-15)16(21)19(5-2)6-3/h11-13H,4-10H2,1-3H3. The molecule has 1 amide bonds. The lowest BCUT2D eigenvalue weighted by Crippen LogP contribution is -2.40. The first-order valence-electron chi connectivity index (χ1n) is 8.09. The van der Waals surface area contributed by atoms with Crippen LogP contribution >= 0.6 is 0 Å². The Morgan fingerprint density at radius 2 is 2.05 bits per heavy atom. The molecule has 1 aromatic rings. The van der Waals surface area contributed by atoms with E-state index < -0.39 is 0 Å². The smallest absolute Gasteiger partial charge is 0.272 e. The molecule has 116 valence electrons. The number of carbonyl (C=O) groups is 1. The molecule has 1 aromatic heterocycles. The van der Waals surface area contributed by atoms with E-state index in [-0.39, 0.29) is 5.91 Å². The van der Waals surface area contributed by atoms with Crippen LogP contribution in [0.4, 0.5) is 5.82 Å². The summed E-state index contributed by atoms with van der Waals surface area (Å²) in [4.78, 5) is 25.1. The van der Waals surface area contributed by atoms with Gasteiger partial charge in [-0.15, -0.1) is 0 Å². The molecule has 0 bridgehead atoms. The summed E-state index contributed by atoms with van der Waals surface area (Å²) in [5, 5.41) is 0. The van der Waals surface area contributed by atoms with Crippen molar-refractivity contribution < 1.29 is 4.79 Å². The molecular formula is C16H26N4O. The Kier molecular flexibility index (Phi) is 5.53. The Bertz CT molecular complexity index is 473. The fourth-order valence-electron chi connectivity index (χ4n) is 3.02. The molecule has 1 fully saturated rings. The first-order valence-corrected chi connectivity index (χ1v) is 8.09. The van der Waals surface area contributed by atoms with Crippen LogP contribution in [0.25, 0.3) is 0 Å². The van der Waals surface area contributed by atoms with Crippen LogP contribution in [0.3, 0.4) is 0 Å². The Balaban J connectivity index is 2.22. The quantitative estimate of drug-likeness (QED) is 0.836. The molecular weight excluding hydrogens is 264 g/mol. The van der Waals surface area contributed by atoms with Crippen LogP contribution in [0.1, 0.15) is 56.9 Å². The summed E-state index contributed by atoms with van der Waals surface area (Å²) in [7, 11) is 0. The van der Waals surface area contributed by atoms with Crippen molar-refractivity contribution in [2.75, 3.05) is 24.5 Å². The summed E-state index contributed by atoms with van der Waals surface area (Å²) in [5.41, 5.74) is 0.504. The van der Waals surface area contributed by atoms with Crippen molar-refractivity contribution in [2.24, 2.45) is 0 Å². The maximum Gasteiger partial charge on any atom is 0.272 e. The zero-order valence-electron chi connectivity index (χ0n) is 13.4. The molecule has 1 unspecified atom stereocenters. The topological polar surface area (TPSA) is 49.3 Å². The minimum absolute atomic E-state index is 0.00583. The van der Waals surface area contributed by atoms with Gasteiger partial charge in [-0.25, -0.2) is 9.97 Å². The minimum atomic E-state index is -0.00583. The van der Waals surface area contributed by atoms with E-state index in [1.807, 2.05) is 19.9 Å². The molecule has 21 heavy (non-hydrogen) atoms. The Morgan fingerprint density at radius 3 is 2.71 bits per heavy atom. The molecule has 1 aliphatic heterocycles.